The molecule has 0 saturated heterocycles. The molecule has 8 heteroatoms. The Morgan fingerprint density at radius 2 is 1.62 bits per heavy atom. The quantitative estimate of drug-likeness (QED) is 0.515. The molecule has 0 spiro atoms. The SMILES string of the molecule is COP(=O)(OC)C(C)OS(C)(=O)=O. The maximum atomic E-state index is 11.5. The third-order valence-corrected chi connectivity index (χ3v) is 4.06. The fraction of sp³-hybridized carbons (Fsp3) is 1.00. The molecular weight excluding hydrogens is 219 g/mol. The molecule has 0 bridgehead atoms. The van der Waals surface area contributed by atoms with Gasteiger partial charge in [0.2, 0.25) is 0 Å². The molecule has 0 saturated carbocycles. The highest BCUT2D eigenvalue weighted by atomic mass is 32.2. The van der Waals surface area contributed by atoms with E-state index in [4.69, 9.17) is 0 Å². The van der Waals surface area contributed by atoms with Crippen molar-refractivity contribution in [3.05, 3.63) is 0 Å². The molecule has 0 heterocycles. The van der Waals surface area contributed by atoms with Crippen molar-refractivity contribution in [1.82, 2.24) is 0 Å². The van der Waals surface area contributed by atoms with E-state index < -0.39 is 23.6 Å². The van der Waals surface area contributed by atoms with Crippen LogP contribution in [0.2, 0.25) is 0 Å². The van der Waals surface area contributed by atoms with Crippen molar-refractivity contribution < 1.29 is 26.2 Å². The molecule has 6 nitrogen and oxygen atoms in total. The van der Waals surface area contributed by atoms with Gasteiger partial charge in [-0.2, -0.15) is 8.42 Å². The Hall–Kier alpha value is 0.0600. The third-order valence-electron chi connectivity index (χ3n) is 1.27. The minimum absolute atomic E-state index is 0.860. The molecule has 0 aromatic rings. The number of hydrogen-bond acceptors (Lipinski definition) is 6. The van der Waals surface area contributed by atoms with Crippen LogP contribution in [0, 0.1) is 0 Å². The second-order valence-corrected chi connectivity index (χ2v) is 6.44. The Bertz CT molecular complexity index is 288. The summed E-state index contributed by atoms with van der Waals surface area (Å²) in [4.78, 5) is 0. The standard InChI is InChI=1S/C5H13O6PS/c1-5(11-13(4,7)8)12(6,9-2)10-3/h5H,1-4H3. The first-order chi connectivity index (χ1) is 5.75. The van der Waals surface area contributed by atoms with E-state index in [-0.39, 0.29) is 0 Å². The van der Waals surface area contributed by atoms with Gasteiger partial charge in [-0.05, 0) is 6.92 Å². The third kappa shape index (κ3) is 4.19. The Morgan fingerprint density at radius 1 is 1.23 bits per heavy atom. The van der Waals surface area contributed by atoms with Crippen molar-refractivity contribution in [1.29, 1.82) is 0 Å². The van der Waals surface area contributed by atoms with E-state index in [1.165, 1.54) is 6.92 Å². The van der Waals surface area contributed by atoms with E-state index in [0.717, 1.165) is 20.5 Å². The molecule has 1 unspecified atom stereocenters. The van der Waals surface area contributed by atoms with Gasteiger partial charge in [0.15, 0.2) is 5.85 Å². The molecule has 0 aromatic heterocycles. The maximum Gasteiger partial charge on any atom is 0.359 e. The van der Waals surface area contributed by atoms with Crippen molar-refractivity contribution in [2.45, 2.75) is 12.8 Å². The van der Waals surface area contributed by atoms with E-state index in [1.807, 2.05) is 0 Å². The van der Waals surface area contributed by atoms with Crippen LogP contribution in [-0.2, 0) is 27.9 Å². The van der Waals surface area contributed by atoms with Gasteiger partial charge in [-0.15, -0.1) is 0 Å². The molecule has 0 aliphatic carbocycles. The van der Waals surface area contributed by atoms with Gasteiger partial charge in [0.1, 0.15) is 0 Å². The summed E-state index contributed by atoms with van der Waals surface area (Å²) in [5.41, 5.74) is 0. The lowest BCUT2D eigenvalue weighted by Gasteiger charge is -2.19. The highest BCUT2D eigenvalue weighted by molar-refractivity contribution is 7.86. The van der Waals surface area contributed by atoms with Gasteiger partial charge in [0, 0.05) is 14.2 Å². The topological polar surface area (TPSA) is 78.9 Å². The van der Waals surface area contributed by atoms with Crippen molar-refractivity contribution in [2.24, 2.45) is 0 Å². The van der Waals surface area contributed by atoms with Crippen molar-refractivity contribution >= 4 is 17.7 Å². The second kappa shape index (κ2) is 4.52. The first kappa shape index (κ1) is 13.1. The molecular formula is C5H13O6PS. The van der Waals surface area contributed by atoms with Crippen LogP contribution in [0.15, 0.2) is 0 Å². The van der Waals surface area contributed by atoms with E-state index in [1.54, 1.807) is 0 Å². The zero-order chi connectivity index (χ0) is 10.7. The second-order valence-electron chi connectivity index (χ2n) is 2.30. The summed E-state index contributed by atoms with van der Waals surface area (Å²) in [6, 6.07) is 0. The van der Waals surface area contributed by atoms with Crippen LogP contribution < -0.4 is 0 Å². The van der Waals surface area contributed by atoms with Crippen LogP contribution in [0.4, 0.5) is 0 Å². The predicted molar refractivity (Wildman–Crippen MR) is 47.0 cm³/mol. The number of rotatable bonds is 5. The Kier molecular flexibility index (Phi) is 4.54. The zero-order valence-corrected chi connectivity index (χ0v) is 9.59. The first-order valence-electron chi connectivity index (χ1n) is 3.34. The summed E-state index contributed by atoms with van der Waals surface area (Å²) in [7, 11) is -4.81. The maximum absolute atomic E-state index is 11.5. The molecule has 0 N–H and O–H groups in total. The lowest BCUT2D eigenvalue weighted by Crippen LogP contribution is -2.16. The Labute approximate surface area is 77.8 Å². The summed E-state index contributed by atoms with van der Waals surface area (Å²) < 4.78 is 46.3. The largest absolute Gasteiger partial charge is 0.359 e. The molecule has 0 rings (SSSR count). The minimum Gasteiger partial charge on any atom is -0.310 e. The molecule has 0 fully saturated rings. The smallest absolute Gasteiger partial charge is 0.310 e. The van der Waals surface area contributed by atoms with Gasteiger partial charge in [-0.25, -0.2) is 0 Å². The molecule has 80 valence electrons. The fourth-order valence-corrected chi connectivity index (χ4v) is 2.82. The van der Waals surface area contributed by atoms with E-state index >= 15 is 0 Å². The normalized spacial score (nSPS) is 15.7. The van der Waals surface area contributed by atoms with Crippen LogP contribution >= 0.6 is 7.60 Å². The first-order valence-corrected chi connectivity index (χ1v) is 6.77. The Morgan fingerprint density at radius 3 is 1.85 bits per heavy atom. The summed E-state index contributed by atoms with van der Waals surface area (Å²) in [6.45, 7) is 1.30. The van der Waals surface area contributed by atoms with Crippen LogP contribution in [0.25, 0.3) is 0 Å². The van der Waals surface area contributed by atoms with Gasteiger partial charge < -0.3 is 9.05 Å². The highest BCUT2D eigenvalue weighted by Gasteiger charge is 2.33. The van der Waals surface area contributed by atoms with E-state index in [2.05, 4.69) is 13.2 Å². The average Bonchev–Trinajstić information content (AvgIpc) is 2.00. The van der Waals surface area contributed by atoms with Crippen LogP contribution in [0.1, 0.15) is 6.92 Å². The molecule has 0 radical (unpaired) electrons. The molecule has 0 aromatic carbocycles. The lowest BCUT2D eigenvalue weighted by molar-refractivity contribution is 0.204. The lowest BCUT2D eigenvalue weighted by atomic mass is 10.9. The van der Waals surface area contributed by atoms with Gasteiger partial charge >= 0.3 is 7.60 Å². The summed E-state index contributed by atoms with van der Waals surface area (Å²) in [6.07, 6.45) is 0.860. The van der Waals surface area contributed by atoms with Crippen LogP contribution in [0.3, 0.4) is 0 Å². The van der Waals surface area contributed by atoms with Crippen molar-refractivity contribution in [2.75, 3.05) is 20.5 Å². The molecule has 1 atom stereocenters. The molecule has 0 amide bonds. The summed E-state index contributed by atoms with van der Waals surface area (Å²) in [5.74, 6) is -1.14. The molecule has 0 aliphatic heterocycles. The predicted octanol–water partition coefficient (Wildman–Crippen LogP) is 0.794. The highest BCUT2D eigenvalue weighted by Crippen LogP contribution is 2.52. The van der Waals surface area contributed by atoms with Gasteiger partial charge in [-0.3, -0.25) is 8.75 Å². The van der Waals surface area contributed by atoms with Gasteiger partial charge in [-0.1, -0.05) is 0 Å². The summed E-state index contributed by atoms with van der Waals surface area (Å²) in [5, 5.41) is 0. The average molecular weight is 232 g/mol. The van der Waals surface area contributed by atoms with E-state index in [9.17, 15) is 13.0 Å². The molecule has 0 aliphatic rings. The van der Waals surface area contributed by atoms with Gasteiger partial charge in [0.05, 0.1) is 6.26 Å². The van der Waals surface area contributed by atoms with Crippen molar-refractivity contribution in [3.63, 3.8) is 0 Å². The summed E-state index contributed by atoms with van der Waals surface area (Å²) >= 11 is 0. The van der Waals surface area contributed by atoms with Crippen LogP contribution in [0.5, 0.6) is 0 Å². The fourth-order valence-electron chi connectivity index (χ4n) is 0.677. The monoisotopic (exact) mass is 232 g/mol. The minimum atomic E-state index is -3.66. The Balaban J connectivity index is 4.59. The van der Waals surface area contributed by atoms with Gasteiger partial charge in [0.25, 0.3) is 10.1 Å². The van der Waals surface area contributed by atoms with Crippen molar-refractivity contribution in [3.8, 4) is 0 Å². The zero-order valence-electron chi connectivity index (χ0n) is 7.88. The van der Waals surface area contributed by atoms with E-state index in [0.29, 0.717) is 0 Å². The van der Waals surface area contributed by atoms with Crippen LogP contribution in [-0.4, -0.2) is 34.7 Å². The number of hydrogen-bond donors (Lipinski definition) is 0. The molecule has 13 heavy (non-hydrogen) atoms.